The number of nitrogens with zero attached hydrogens (tertiary/aromatic N) is 3. The van der Waals surface area contributed by atoms with Crippen molar-refractivity contribution in [1.82, 2.24) is 14.8 Å². The van der Waals surface area contributed by atoms with E-state index in [0.717, 1.165) is 41.8 Å². The minimum atomic E-state index is -0.628. The molecule has 0 aliphatic rings. The number of hydrogen-bond donors (Lipinski definition) is 1. The molecule has 0 N–H and O–H groups in total. The normalized spacial score (nSPS) is 12.8. The summed E-state index contributed by atoms with van der Waals surface area (Å²) in [6.07, 6.45) is 5.15. The van der Waals surface area contributed by atoms with Gasteiger partial charge in [0.05, 0.1) is 5.25 Å². The monoisotopic (exact) mass is 441 g/mol. The van der Waals surface area contributed by atoms with Gasteiger partial charge in [0.15, 0.2) is 5.82 Å². The van der Waals surface area contributed by atoms with Gasteiger partial charge in [-0.1, -0.05) is 118 Å². The first kappa shape index (κ1) is 22.3. The SMILES string of the molecule is CCC(CC)CC(S)c1ncn(C(c2ccccc2)(c2ccccc2)c2ccccc2)n1. The van der Waals surface area contributed by atoms with E-state index in [1.54, 1.807) is 0 Å². The van der Waals surface area contributed by atoms with Gasteiger partial charge in [-0.05, 0) is 29.0 Å². The molecule has 0 aliphatic carbocycles. The lowest BCUT2D eigenvalue weighted by Crippen LogP contribution is -2.38. The number of aromatic nitrogens is 3. The van der Waals surface area contributed by atoms with Crippen LogP contribution in [-0.2, 0) is 5.54 Å². The van der Waals surface area contributed by atoms with E-state index in [4.69, 9.17) is 22.7 Å². The van der Waals surface area contributed by atoms with Gasteiger partial charge >= 0.3 is 0 Å². The second kappa shape index (κ2) is 10.2. The third kappa shape index (κ3) is 4.24. The number of hydrogen-bond acceptors (Lipinski definition) is 3. The van der Waals surface area contributed by atoms with Crippen molar-refractivity contribution in [3.8, 4) is 0 Å². The Balaban J connectivity index is 1.91. The lowest BCUT2D eigenvalue weighted by Gasteiger charge is -2.36. The molecule has 3 nitrogen and oxygen atoms in total. The smallest absolute Gasteiger partial charge is 0.163 e. The maximum atomic E-state index is 5.06. The molecule has 0 bridgehead atoms. The van der Waals surface area contributed by atoms with E-state index < -0.39 is 5.54 Å². The molecular weight excluding hydrogens is 410 g/mol. The molecule has 32 heavy (non-hydrogen) atoms. The molecule has 0 amide bonds. The standard InChI is InChI=1S/C28H31N3S/c1-3-22(4-2)20-26(32)27-29-21-31(30-27)28(23-14-8-5-9-15-23,24-16-10-6-11-17-24)25-18-12-7-13-19-25/h5-19,21-22,26,32H,3-4,20H2,1-2H3. The maximum Gasteiger partial charge on any atom is 0.163 e. The summed E-state index contributed by atoms with van der Waals surface area (Å²) >= 11 is 4.90. The van der Waals surface area contributed by atoms with E-state index in [2.05, 4.69) is 105 Å². The minimum absolute atomic E-state index is 0.0150. The lowest BCUT2D eigenvalue weighted by atomic mass is 9.77. The Morgan fingerprint density at radius 1 is 0.750 bits per heavy atom. The van der Waals surface area contributed by atoms with Crippen LogP contribution in [0.5, 0.6) is 0 Å². The zero-order chi connectivity index (χ0) is 22.4. The largest absolute Gasteiger partial charge is 0.233 e. The molecular formula is C28H31N3S. The van der Waals surface area contributed by atoms with Crippen LogP contribution in [0.4, 0.5) is 0 Å². The first-order valence-electron chi connectivity index (χ1n) is 11.5. The van der Waals surface area contributed by atoms with Crippen LogP contribution in [0.1, 0.15) is 60.9 Å². The van der Waals surface area contributed by atoms with E-state index in [1.807, 2.05) is 11.0 Å². The van der Waals surface area contributed by atoms with Crippen LogP contribution in [0.25, 0.3) is 0 Å². The molecule has 1 heterocycles. The summed E-state index contributed by atoms with van der Waals surface area (Å²) in [6, 6.07) is 31.7. The summed E-state index contributed by atoms with van der Waals surface area (Å²) in [6.45, 7) is 4.48. The third-order valence-electron chi connectivity index (χ3n) is 6.44. The highest BCUT2D eigenvalue weighted by molar-refractivity contribution is 7.80. The summed E-state index contributed by atoms with van der Waals surface area (Å²) in [5.74, 6) is 1.42. The highest BCUT2D eigenvalue weighted by atomic mass is 32.1. The highest BCUT2D eigenvalue weighted by Crippen LogP contribution is 2.40. The fourth-order valence-corrected chi connectivity index (χ4v) is 4.98. The molecule has 0 radical (unpaired) electrons. The summed E-state index contributed by atoms with van der Waals surface area (Å²) in [5.41, 5.74) is 2.80. The van der Waals surface area contributed by atoms with Crippen LogP contribution >= 0.6 is 12.6 Å². The predicted molar refractivity (Wildman–Crippen MR) is 135 cm³/mol. The fraction of sp³-hybridized carbons (Fsp3) is 0.286. The van der Waals surface area contributed by atoms with E-state index in [-0.39, 0.29) is 5.25 Å². The molecule has 0 fully saturated rings. The maximum absolute atomic E-state index is 5.06. The zero-order valence-electron chi connectivity index (χ0n) is 18.8. The molecule has 0 aliphatic heterocycles. The molecule has 4 heteroatoms. The molecule has 3 aromatic carbocycles. The summed E-state index contributed by atoms with van der Waals surface area (Å²) in [7, 11) is 0. The van der Waals surface area contributed by atoms with Crippen molar-refractivity contribution in [2.45, 2.75) is 43.9 Å². The van der Waals surface area contributed by atoms with Gasteiger partial charge in [0.25, 0.3) is 0 Å². The average Bonchev–Trinajstić information content (AvgIpc) is 3.36. The minimum Gasteiger partial charge on any atom is -0.233 e. The van der Waals surface area contributed by atoms with Gasteiger partial charge in [-0.25, -0.2) is 9.67 Å². The van der Waals surface area contributed by atoms with Gasteiger partial charge in [-0.15, -0.1) is 0 Å². The molecule has 4 rings (SSSR count). The van der Waals surface area contributed by atoms with Crippen LogP contribution in [0.2, 0.25) is 0 Å². The zero-order valence-corrected chi connectivity index (χ0v) is 19.7. The average molecular weight is 442 g/mol. The summed E-state index contributed by atoms with van der Waals surface area (Å²) in [4.78, 5) is 4.76. The van der Waals surface area contributed by atoms with Crippen molar-refractivity contribution in [1.29, 1.82) is 0 Å². The van der Waals surface area contributed by atoms with Crippen LogP contribution in [0.15, 0.2) is 97.3 Å². The van der Waals surface area contributed by atoms with Gasteiger partial charge in [0.2, 0.25) is 0 Å². The van der Waals surface area contributed by atoms with Crippen molar-refractivity contribution in [2.75, 3.05) is 0 Å². The van der Waals surface area contributed by atoms with Crippen LogP contribution in [0.3, 0.4) is 0 Å². The second-order valence-electron chi connectivity index (χ2n) is 8.29. The van der Waals surface area contributed by atoms with Crippen molar-refractivity contribution in [3.63, 3.8) is 0 Å². The Kier molecular flexibility index (Phi) is 7.11. The van der Waals surface area contributed by atoms with Crippen molar-refractivity contribution in [3.05, 3.63) is 120 Å². The Morgan fingerprint density at radius 3 is 1.59 bits per heavy atom. The fourth-order valence-electron chi connectivity index (χ4n) is 4.57. The molecule has 0 spiro atoms. The molecule has 4 aromatic rings. The first-order chi connectivity index (χ1) is 15.7. The topological polar surface area (TPSA) is 30.7 Å². The van der Waals surface area contributed by atoms with E-state index in [9.17, 15) is 0 Å². The Hall–Kier alpha value is -2.85. The third-order valence-corrected chi connectivity index (χ3v) is 6.88. The second-order valence-corrected chi connectivity index (χ2v) is 8.91. The van der Waals surface area contributed by atoms with E-state index >= 15 is 0 Å². The Morgan fingerprint density at radius 2 is 1.19 bits per heavy atom. The van der Waals surface area contributed by atoms with Crippen molar-refractivity contribution < 1.29 is 0 Å². The summed E-state index contributed by atoms with van der Waals surface area (Å²) in [5, 5.41) is 5.08. The molecule has 1 aromatic heterocycles. The summed E-state index contributed by atoms with van der Waals surface area (Å²) < 4.78 is 2.03. The van der Waals surface area contributed by atoms with E-state index in [0.29, 0.717) is 5.92 Å². The number of rotatable bonds is 9. The molecule has 1 atom stereocenters. The van der Waals surface area contributed by atoms with Gasteiger partial charge in [0.1, 0.15) is 11.9 Å². The predicted octanol–water partition coefficient (Wildman–Crippen LogP) is 6.92. The first-order valence-corrected chi connectivity index (χ1v) is 12.0. The number of thiol groups is 1. The highest BCUT2D eigenvalue weighted by Gasteiger charge is 2.39. The molecule has 164 valence electrons. The van der Waals surface area contributed by atoms with E-state index in [1.165, 1.54) is 0 Å². The van der Waals surface area contributed by atoms with Crippen LogP contribution in [0, 0.1) is 5.92 Å². The van der Waals surface area contributed by atoms with Gasteiger partial charge in [-0.2, -0.15) is 17.7 Å². The number of benzene rings is 3. The van der Waals surface area contributed by atoms with Crippen LogP contribution in [-0.4, -0.2) is 14.8 Å². The molecule has 1 unspecified atom stereocenters. The molecule has 0 saturated heterocycles. The Bertz CT molecular complexity index is 993. The van der Waals surface area contributed by atoms with Crippen molar-refractivity contribution in [2.24, 2.45) is 5.92 Å². The lowest BCUT2D eigenvalue weighted by molar-refractivity contribution is 0.435. The van der Waals surface area contributed by atoms with Crippen LogP contribution < -0.4 is 0 Å². The van der Waals surface area contributed by atoms with Crippen molar-refractivity contribution >= 4 is 12.6 Å². The quantitative estimate of drug-likeness (QED) is 0.226. The molecule has 0 saturated carbocycles. The van der Waals surface area contributed by atoms with Gasteiger partial charge in [0, 0.05) is 0 Å². The van der Waals surface area contributed by atoms with Gasteiger partial charge in [-0.3, -0.25) is 0 Å². The van der Waals surface area contributed by atoms with Gasteiger partial charge < -0.3 is 0 Å². The Labute approximate surface area is 197 Å².